The van der Waals surface area contributed by atoms with Crippen LogP contribution in [0.2, 0.25) is 0 Å². The Labute approximate surface area is 171 Å². The number of carbonyl (C=O) groups excluding carboxylic acids is 1. The van der Waals surface area contributed by atoms with Gasteiger partial charge in [-0.2, -0.15) is 5.26 Å². The molecule has 1 amide bonds. The van der Waals surface area contributed by atoms with E-state index in [4.69, 9.17) is 5.26 Å². The Bertz CT molecular complexity index is 826. The summed E-state index contributed by atoms with van der Waals surface area (Å²) in [5.41, 5.74) is 1.14. The number of benzene rings is 1. The van der Waals surface area contributed by atoms with E-state index in [1.165, 1.54) is 11.8 Å². The molecular weight excluding hydrogens is 372 g/mol. The fourth-order valence-electron chi connectivity index (χ4n) is 2.95. The van der Waals surface area contributed by atoms with E-state index in [1.54, 1.807) is 24.3 Å². The smallest absolute Gasteiger partial charge is 0.234 e. The third-order valence-electron chi connectivity index (χ3n) is 4.40. The molecule has 28 heavy (non-hydrogen) atoms. The van der Waals surface area contributed by atoms with E-state index in [0.29, 0.717) is 11.3 Å². The minimum absolute atomic E-state index is 0.133. The Kier molecular flexibility index (Phi) is 8.48. The number of carbonyl (C=O) groups is 1. The Morgan fingerprint density at radius 2 is 2.14 bits per heavy atom. The predicted molar refractivity (Wildman–Crippen MR) is 112 cm³/mol. The fraction of sp³-hybridized carbons (Fsp3) is 0.500. The van der Waals surface area contributed by atoms with Crippen LogP contribution in [0.3, 0.4) is 0 Å². The van der Waals surface area contributed by atoms with Gasteiger partial charge in [-0.25, -0.2) is 0 Å². The van der Waals surface area contributed by atoms with E-state index in [2.05, 4.69) is 44.9 Å². The van der Waals surface area contributed by atoms with E-state index < -0.39 is 0 Å². The highest BCUT2D eigenvalue weighted by Crippen LogP contribution is 2.25. The van der Waals surface area contributed by atoms with Gasteiger partial charge in [-0.3, -0.25) is 9.69 Å². The maximum absolute atomic E-state index is 12.3. The first-order valence-corrected chi connectivity index (χ1v) is 10.5. The van der Waals surface area contributed by atoms with E-state index >= 15 is 0 Å². The summed E-state index contributed by atoms with van der Waals surface area (Å²) in [7, 11) is 4.09. The summed E-state index contributed by atoms with van der Waals surface area (Å²) < 4.78 is 2.14. The molecule has 0 aliphatic heterocycles. The molecule has 1 aromatic heterocycles. The van der Waals surface area contributed by atoms with E-state index in [9.17, 15) is 4.79 Å². The number of nitrogens with one attached hydrogen (secondary N) is 1. The van der Waals surface area contributed by atoms with E-state index in [-0.39, 0.29) is 17.7 Å². The molecule has 1 atom stereocenters. The first-order valence-electron chi connectivity index (χ1n) is 9.52. The van der Waals surface area contributed by atoms with Gasteiger partial charge < -0.3 is 9.88 Å². The van der Waals surface area contributed by atoms with E-state index in [1.807, 2.05) is 14.1 Å². The number of thioether (sulfide) groups is 1. The third kappa shape index (κ3) is 5.81. The van der Waals surface area contributed by atoms with E-state index in [0.717, 1.165) is 36.8 Å². The molecule has 8 heteroatoms. The molecule has 7 nitrogen and oxygen atoms in total. The van der Waals surface area contributed by atoms with Crippen LogP contribution in [0.1, 0.15) is 50.5 Å². The van der Waals surface area contributed by atoms with Crippen LogP contribution in [0.25, 0.3) is 0 Å². The van der Waals surface area contributed by atoms with Gasteiger partial charge in [0.15, 0.2) is 11.0 Å². The number of nitriles is 1. The molecule has 150 valence electrons. The van der Waals surface area contributed by atoms with Crippen LogP contribution in [0.5, 0.6) is 0 Å². The number of hydrogen-bond acceptors (Lipinski definition) is 6. The summed E-state index contributed by atoms with van der Waals surface area (Å²) in [6.07, 6.45) is 3.06. The normalized spacial score (nSPS) is 12.0. The highest BCUT2D eigenvalue weighted by molar-refractivity contribution is 7.99. The number of hydrogen-bond donors (Lipinski definition) is 1. The Morgan fingerprint density at radius 3 is 2.79 bits per heavy atom. The summed E-state index contributed by atoms with van der Waals surface area (Å²) in [6.45, 7) is 5.14. The first-order chi connectivity index (χ1) is 13.5. The van der Waals surface area contributed by atoms with Gasteiger partial charge in [0, 0.05) is 12.2 Å². The lowest BCUT2D eigenvalue weighted by Gasteiger charge is -2.23. The molecule has 2 rings (SSSR count). The van der Waals surface area contributed by atoms with Crippen molar-refractivity contribution < 1.29 is 4.79 Å². The summed E-state index contributed by atoms with van der Waals surface area (Å²) in [5.74, 6) is 1.05. The van der Waals surface area contributed by atoms with Gasteiger partial charge >= 0.3 is 0 Å². The van der Waals surface area contributed by atoms with Crippen LogP contribution in [-0.4, -0.2) is 45.4 Å². The van der Waals surface area contributed by atoms with Crippen LogP contribution in [-0.2, 0) is 11.3 Å². The fourth-order valence-corrected chi connectivity index (χ4v) is 3.72. The second kappa shape index (κ2) is 10.8. The van der Waals surface area contributed by atoms with Gasteiger partial charge in [-0.1, -0.05) is 38.1 Å². The summed E-state index contributed by atoms with van der Waals surface area (Å²) in [5, 5.41) is 21.3. The van der Waals surface area contributed by atoms with Crippen LogP contribution in [0, 0.1) is 11.3 Å². The molecule has 2 aromatic rings. The Hall–Kier alpha value is -2.37. The molecule has 0 saturated carbocycles. The second-order valence-electron chi connectivity index (χ2n) is 6.76. The lowest BCUT2D eigenvalue weighted by Crippen LogP contribution is -2.23. The minimum atomic E-state index is -0.133. The largest absolute Gasteiger partial charge is 0.325 e. The molecule has 0 bridgehead atoms. The Balaban J connectivity index is 2.08. The zero-order valence-corrected chi connectivity index (χ0v) is 17.8. The predicted octanol–water partition coefficient (Wildman–Crippen LogP) is 3.69. The second-order valence-corrected chi connectivity index (χ2v) is 7.71. The molecule has 0 radical (unpaired) electrons. The molecular formula is C20H28N6OS. The number of amides is 1. The van der Waals surface area contributed by atoms with Crippen molar-refractivity contribution in [2.45, 2.75) is 50.9 Å². The van der Waals surface area contributed by atoms with Gasteiger partial charge in [-0.05, 0) is 45.1 Å². The molecule has 0 fully saturated rings. The molecule has 1 heterocycles. The number of rotatable bonds is 10. The maximum atomic E-state index is 12.3. The average molecular weight is 401 g/mol. The van der Waals surface area contributed by atoms with Crippen molar-refractivity contribution in [3.05, 3.63) is 35.7 Å². The van der Waals surface area contributed by atoms with Gasteiger partial charge in [0.1, 0.15) is 0 Å². The third-order valence-corrected chi connectivity index (χ3v) is 5.36. The van der Waals surface area contributed by atoms with Crippen LogP contribution < -0.4 is 5.32 Å². The molecule has 0 spiro atoms. The molecule has 0 unspecified atom stereocenters. The van der Waals surface area contributed by atoms with Crippen LogP contribution in [0.15, 0.2) is 29.4 Å². The molecule has 0 aliphatic rings. The quantitative estimate of drug-likeness (QED) is 0.612. The topological polar surface area (TPSA) is 86.8 Å². The van der Waals surface area contributed by atoms with Crippen molar-refractivity contribution in [2.24, 2.45) is 0 Å². The number of anilines is 1. The van der Waals surface area contributed by atoms with Crippen molar-refractivity contribution in [1.29, 1.82) is 5.26 Å². The standard InChI is InChI=1S/C20H28N6OS/c1-5-7-11-26-19(17(6-2)25(3)4)23-24-20(26)28-14-18(27)22-16-10-8-9-15(12-16)13-21/h8-10,12,17H,5-7,11,14H2,1-4H3,(H,22,27)/t17-/m1/s1. The summed E-state index contributed by atoms with van der Waals surface area (Å²) in [4.78, 5) is 14.5. The molecule has 0 aliphatic carbocycles. The first kappa shape index (κ1) is 21.9. The van der Waals surface area contributed by atoms with Crippen LogP contribution >= 0.6 is 11.8 Å². The van der Waals surface area contributed by atoms with Gasteiger partial charge in [0.05, 0.1) is 23.4 Å². The van der Waals surface area contributed by atoms with Crippen molar-refractivity contribution in [2.75, 3.05) is 25.2 Å². The molecule has 0 saturated heterocycles. The van der Waals surface area contributed by atoms with Crippen molar-refractivity contribution in [1.82, 2.24) is 19.7 Å². The van der Waals surface area contributed by atoms with Gasteiger partial charge in [-0.15, -0.1) is 10.2 Å². The highest BCUT2D eigenvalue weighted by atomic mass is 32.2. The zero-order chi connectivity index (χ0) is 20.5. The Morgan fingerprint density at radius 1 is 1.36 bits per heavy atom. The molecule has 1 N–H and O–H groups in total. The minimum Gasteiger partial charge on any atom is -0.325 e. The number of aromatic nitrogens is 3. The lowest BCUT2D eigenvalue weighted by molar-refractivity contribution is -0.113. The van der Waals surface area contributed by atoms with Gasteiger partial charge in [0.25, 0.3) is 0 Å². The summed E-state index contributed by atoms with van der Waals surface area (Å²) in [6, 6.07) is 9.16. The number of nitrogens with zero attached hydrogens (tertiary/aromatic N) is 5. The molecule has 1 aromatic carbocycles. The monoisotopic (exact) mass is 400 g/mol. The van der Waals surface area contributed by atoms with Crippen molar-refractivity contribution in [3.63, 3.8) is 0 Å². The number of unbranched alkanes of at least 4 members (excludes halogenated alkanes) is 1. The highest BCUT2D eigenvalue weighted by Gasteiger charge is 2.22. The van der Waals surface area contributed by atoms with Crippen molar-refractivity contribution in [3.8, 4) is 6.07 Å². The summed E-state index contributed by atoms with van der Waals surface area (Å²) >= 11 is 1.39. The van der Waals surface area contributed by atoms with Crippen molar-refractivity contribution >= 4 is 23.4 Å². The maximum Gasteiger partial charge on any atom is 0.234 e. The van der Waals surface area contributed by atoms with Gasteiger partial charge in [0.2, 0.25) is 5.91 Å². The lowest BCUT2D eigenvalue weighted by atomic mass is 10.2. The SMILES string of the molecule is CCCCn1c(SCC(=O)Nc2cccc(C#N)c2)nnc1[C@@H](CC)N(C)C. The van der Waals surface area contributed by atoms with Crippen LogP contribution in [0.4, 0.5) is 5.69 Å². The average Bonchev–Trinajstić information content (AvgIpc) is 3.07. The zero-order valence-electron chi connectivity index (χ0n) is 17.0.